The first-order chi connectivity index (χ1) is 10.6. The zero-order chi connectivity index (χ0) is 15.7. The van der Waals surface area contributed by atoms with Crippen molar-refractivity contribution in [1.82, 2.24) is 14.8 Å². The van der Waals surface area contributed by atoms with Crippen LogP contribution in [0, 0.1) is 13.8 Å². The molecule has 1 aliphatic rings. The van der Waals surface area contributed by atoms with E-state index in [2.05, 4.69) is 4.98 Å². The van der Waals surface area contributed by atoms with Crippen molar-refractivity contribution in [3.8, 4) is 0 Å². The fraction of sp³-hybridized carbons (Fsp3) is 0.375. The lowest BCUT2D eigenvalue weighted by molar-refractivity contribution is 0.0518. The minimum Gasteiger partial charge on any atom is -0.459 e. The molecule has 0 saturated carbocycles. The molecule has 2 aromatic rings. The molecule has 1 N–H and O–H groups in total. The van der Waals surface area contributed by atoms with Crippen molar-refractivity contribution in [3.63, 3.8) is 0 Å². The maximum absolute atomic E-state index is 12.5. The molecule has 6 heteroatoms. The van der Waals surface area contributed by atoms with E-state index in [1.54, 1.807) is 21.9 Å². The number of rotatable bonds is 2. The molecule has 2 aromatic heterocycles. The molecule has 0 radical (unpaired) electrons. The molecule has 1 fully saturated rings. The van der Waals surface area contributed by atoms with E-state index in [1.807, 2.05) is 19.9 Å². The van der Waals surface area contributed by atoms with Gasteiger partial charge in [-0.2, -0.15) is 0 Å². The van der Waals surface area contributed by atoms with E-state index in [9.17, 15) is 9.59 Å². The van der Waals surface area contributed by atoms with Gasteiger partial charge in [-0.3, -0.25) is 9.59 Å². The zero-order valence-electron chi connectivity index (χ0n) is 12.8. The second-order valence-electron chi connectivity index (χ2n) is 5.55. The summed E-state index contributed by atoms with van der Waals surface area (Å²) in [5.74, 6) is 0.245. The average molecular weight is 301 g/mol. The highest BCUT2D eigenvalue weighted by Crippen LogP contribution is 2.15. The molecule has 3 heterocycles. The third-order valence-corrected chi connectivity index (χ3v) is 3.97. The van der Waals surface area contributed by atoms with E-state index in [-0.39, 0.29) is 11.8 Å². The van der Waals surface area contributed by atoms with Gasteiger partial charge in [0.25, 0.3) is 11.8 Å². The lowest BCUT2D eigenvalue weighted by atomic mass is 10.2. The molecule has 0 spiro atoms. The lowest BCUT2D eigenvalue weighted by Crippen LogP contribution is -2.50. The zero-order valence-corrected chi connectivity index (χ0v) is 12.8. The van der Waals surface area contributed by atoms with Gasteiger partial charge in [-0.1, -0.05) is 0 Å². The van der Waals surface area contributed by atoms with Crippen molar-refractivity contribution >= 4 is 11.8 Å². The van der Waals surface area contributed by atoms with Crippen LogP contribution < -0.4 is 0 Å². The minimum absolute atomic E-state index is 0.0203. The quantitative estimate of drug-likeness (QED) is 0.920. The molecule has 0 atom stereocenters. The van der Waals surface area contributed by atoms with Crippen molar-refractivity contribution in [3.05, 3.63) is 47.2 Å². The summed E-state index contributed by atoms with van der Waals surface area (Å²) in [6, 6.07) is 5.23. The molecule has 116 valence electrons. The fourth-order valence-electron chi connectivity index (χ4n) is 2.79. The van der Waals surface area contributed by atoms with Crippen LogP contribution in [-0.4, -0.2) is 52.8 Å². The summed E-state index contributed by atoms with van der Waals surface area (Å²) in [4.78, 5) is 31.4. The van der Waals surface area contributed by atoms with Gasteiger partial charge < -0.3 is 19.2 Å². The van der Waals surface area contributed by atoms with Crippen LogP contribution in [0.3, 0.4) is 0 Å². The standard InChI is InChI=1S/C16H19N3O3/c1-11-10-13(12(2)17-11)15(20)18-5-7-19(8-6-18)16(21)14-4-3-9-22-14/h3-4,9-10,17H,5-8H2,1-2H3. The van der Waals surface area contributed by atoms with Crippen molar-refractivity contribution in [2.45, 2.75) is 13.8 Å². The van der Waals surface area contributed by atoms with E-state index in [4.69, 9.17) is 4.42 Å². The predicted octanol–water partition coefficient (Wildman–Crippen LogP) is 1.82. The second-order valence-corrected chi connectivity index (χ2v) is 5.55. The summed E-state index contributed by atoms with van der Waals surface area (Å²) in [7, 11) is 0. The number of piperazine rings is 1. The molecule has 6 nitrogen and oxygen atoms in total. The molecule has 1 saturated heterocycles. The Morgan fingerprint density at radius 1 is 1.09 bits per heavy atom. The Kier molecular flexibility index (Phi) is 3.75. The summed E-state index contributed by atoms with van der Waals surface area (Å²) in [5.41, 5.74) is 2.58. The molecule has 0 unspecified atom stereocenters. The molecule has 1 aliphatic heterocycles. The number of carbonyl (C=O) groups is 2. The van der Waals surface area contributed by atoms with Gasteiger partial charge >= 0.3 is 0 Å². The number of aromatic amines is 1. The summed E-state index contributed by atoms with van der Waals surface area (Å²) >= 11 is 0. The number of aromatic nitrogens is 1. The van der Waals surface area contributed by atoms with E-state index >= 15 is 0 Å². The van der Waals surface area contributed by atoms with Crippen LogP contribution in [0.15, 0.2) is 28.9 Å². The lowest BCUT2D eigenvalue weighted by Gasteiger charge is -2.34. The first kappa shape index (κ1) is 14.4. The topological polar surface area (TPSA) is 69.6 Å². The molecule has 3 rings (SSSR count). The Balaban J connectivity index is 1.63. The van der Waals surface area contributed by atoms with Crippen LogP contribution in [0.1, 0.15) is 32.3 Å². The highest BCUT2D eigenvalue weighted by molar-refractivity contribution is 5.96. The predicted molar refractivity (Wildman–Crippen MR) is 80.8 cm³/mol. The normalized spacial score (nSPS) is 15.2. The Morgan fingerprint density at radius 2 is 1.73 bits per heavy atom. The van der Waals surface area contributed by atoms with E-state index < -0.39 is 0 Å². The fourth-order valence-corrected chi connectivity index (χ4v) is 2.79. The number of H-pyrrole nitrogens is 1. The summed E-state index contributed by atoms with van der Waals surface area (Å²) < 4.78 is 5.13. The first-order valence-electron chi connectivity index (χ1n) is 7.34. The van der Waals surface area contributed by atoms with Gasteiger partial charge in [0.2, 0.25) is 0 Å². The number of nitrogens with one attached hydrogen (secondary N) is 1. The third-order valence-electron chi connectivity index (χ3n) is 3.97. The highest BCUT2D eigenvalue weighted by atomic mass is 16.3. The number of nitrogens with zero attached hydrogens (tertiary/aromatic N) is 2. The Morgan fingerprint density at radius 3 is 2.23 bits per heavy atom. The van der Waals surface area contributed by atoms with Crippen molar-refractivity contribution < 1.29 is 14.0 Å². The van der Waals surface area contributed by atoms with Gasteiger partial charge in [0.15, 0.2) is 5.76 Å². The van der Waals surface area contributed by atoms with Crippen molar-refractivity contribution in [2.24, 2.45) is 0 Å². The molecule has 2 amide bonds. The van der Waals surface area contributed by atoms with E-state index in [0.717, 1.165) is 11.4 Å². The Labute approximate surface area is 128 Å². The number of amides is 2. The van der Waals surface area contributed by atoms with Crippen molar-refractivity contribution in [2.75, 3.05) is 26.2 Å². The summed E-state index contributed by atoms with van der Waals surface area (Å²) in [5, 5.41) is 0. The van der Waals surface area contributed by atoms with E-state index in [1.165, 1.54) is 6.26 Å². The van der Waals surface area contributed by atoms with Gasteiger partial charge in [0.05, 0.1) is 11.8 Å². The van der Waals surface area contributed by atoms with Crippen LogP contribution in [0.2, 0.25) is 0 Å². The monoisotopic (exact) mass is 301 g/mol. The summed E-state index contributed by atoms with van der Waals surface area (Å²) in [6.45, 7) is 5.95. The second kappa shape index (κ2) is 5.71. The average Bonchev–Trinajstić information content (AvgIpc) is 3.15. The smallest absolute Gasteiger partial charge is 0.289 e. The van der Waals surface area contributed by atoms with Gasteiger partial charge in [-0.25, -0.2) is 0 Å². The number of carbonyl (C=O) groups excluding carboxylic acids is 2. The largest absolute Gasteiger partial charge is 0.459 e. The van der Waals surface area contributed by atoms with Crippen LogP contribution in [-0.2, 0) is 0 Å². The maximum Gasteiger partial charge on any atom is 0.289 e. The number of hydrogen-bond donors (Lipinski definition) is 1. The molecular weight excluding hydrogens is 282 g/mol. The third kappa shape index (κ3) is 2.64. The molecular formula is C16H19N3O3. The Bertz CT molecular complexity index is 680. The SMILES string of the molecule is Cc1cc(C(=O)N2CCN(C(=O)c3ccco3)CC2)c(C)[nH]1. The highest BCUT2D eigenvalue weighted by Gasteiger charge is 2.27. The van der Waals surface area contributed by atoms with Gasteiger partial charge in [-0.15, -0.1) is 0 Å². The maximum atomic E-state index is 12.5. The van der Waals surface area contributed by atoms with Crippen molar-refractivity contribution in [1.29, 1.82) is 0 Å². The number of furan rings is 1. The first-order valence-corrected chi connectivity index (χ1v) is 7.34. The minimum atomic E-state index is -0.120. The van der Waals surface area contributed by atoms with Gasteiger partial charge in [-0.05, 0) is 32.0 Å². The van der Waals surface area contributed by atoms with E-state index in [0.29, 0.717) is 37.5 Å². The number of aryl methyl sites for hydroxylation is 2. The number of hydrogen-bond acceptors (Lipinski definition) is 3. The van der Waals surface area contributed by atoms with Crippen LogP contribution >= 0.6 is 0 Å². The Hall–Kier alpha value is -2.50. The van der Waals surface area contributed by atoms with Crippen LogP contribution in [0.4, 0.5) is 0 Å². The van der Waals surface area contributed by atoms with Gasteiger partial charge in [0, 0.05) is 37.6 Å². The van der Waals surface area contributed by atoms with Gasteiger partial charge in [0.1, 0.15) is 0 Å². The van der Waals surface area contributed by atoms with Crippen LogP contribution in [0.5, 0.6) is 0 Å². The van der Waals surface area contributed by atoms with Crippen LogP contribution in [0.25, 0.3) is 0 Å². The molecule has 0 aliphatic carbocycles. The molecule has 0 aromatic carbocycles. The molecule has 0 bridgehead atoms. The molecule has 22 heavy (non-hydrogen) atoms. The summed E-state index contributed by atoms with van der Waals surface area (Å²) in [6.07, 6.45) is 1.49.